The van der Waals surface area contributed by atoms with Gasteiger partial charge < -0.3 is 20.1 Å². The third-order valence-corrected chi connectivity index (χ3v) is 7.17. The van der Waals surface area contributed by atoms with Crippen LogP contribution < -0.4 is 10.2 Å². The SMILES string of the molecule is O=C(NCC1(O)CCCCC1)C1CCc2sc(N3CCOCC3)nc2C1. The van der Waals surface area contributed by atoms with E-state index in [0.29, 0.717) is 6.54 Å². The van der Waals surface area contributed by atoms with Crippen molar-refractivity contribution in [3.8, 4) is 0 Å². The van der Waals surface area contributed by atoms with E-state index >= 15 is 0 Å². The van der Waals surface area contributed by atoms with Gasteiger partial charge in [-0.05, 0) is 25.7 Å². The Hall–Kier alpha value is -1.18. The zero-order chi connectivity index (χ0) is 18.0. The summed E-state index contributed by atoms with van der Waals surface area (Å²) in [4.78, 5) is 21.1. The Balaban J connectivity index is 1.34. The Kier molecular flexibility index (Phi) is 5.47. The van der Waals surface area contributed by atoms with Gasteiger partial charge in [-0.15, -0.1) is 11.3 Å². The van der Waals surface area contributed by atoms with Crippen LogP contribution in [0.15, 0.2) is 0 Å². The number of nitrogens with one attached hydrogen (secondary N) is 1. The van der Waals surface area contributed by atoms with E-state index < -0.39 is 5.60 Å². The van der Waals surface area contributed by atoms with Crippen molar-refractivity contribution < 1.29 is 14.6 Å². The third-order valence-electron chi connectivity index (χ3n) is 5.95. The molecule has 1 aromatic rings. The Bertz CT molecular complexity index is 636. The van der Waals surface area contributed by atoms with Crippen molar-refractivity contribution >= 4 is 22.4 Å². The van der Waals surface area contributed by atoms with Gasteiger partial charge in [0.05, 0.1) is 24.5 Å². The molecule has 2 fully saturated rings. The van der Waals surface area contributed by atoms with E-state index in [1.807, 2.05) is 0 Å². The number of carbonyl (C=O) groups excluding carboxylic acids is 1. The number of amides is 1. The second-order valence-electron chi connectivity index (χ2n) is 7.91. The lowest BCUT2D eigenvalue weighted by molar-refractivity contribution is -0.127. The molecule has 2 aliphatic carbocycles. The topological polar surface area (TPSA) is 74.7 Å². The van der Waals surface area contributed by atoms with Crippen LogP contribution in [0.1, 0.15) is 49.1 Å². The van der Waals surface area contributed by atoms with Crippen molar-refractivity contribution in [2.45, 2.75) is 57.0 Å². The average Bonchev–Trinajstić information content (AvgIpc) is 3.11. The second kappa shape index (κ2) is 7.82. The average molecular weight is 380 g/mol. The molecule has 1 saturated carbocycles. The molecule has 1 amide bonds. The molecule has 1 saturated heterocycles. The molecular weight excluding hydrogens is 350 g/mol. The predicted octanol–water partition coefficient (Wildman–Crippen LogP) is 1.90. The summed E-state index contributed by atoms with van der Waals surface area (Å²) < 4.78 is 5.42. The summed E-state index contributed by atoms with van der Waals surface area (Å²) in [5.41, 5.74) is 0.400. The fourth-order valence-electron chi connectivity index (χ4n) is 4.26. The first-order valence-corrected chi connectivity index (χ1v) is 10.8. The molecule has 1 aromatic heterocycles. The number of nitrogens with zero attached hydrogens (tertiary/aromatic N) is 2. The molecule has 0 spiro atoms. The maximum Gasteiger partial charge on any atom is 0.223 e. The molecule has 4 rings (SSSR count). The number of carbonyl (C=O) groups is 1. The van der Waals surface area contributed by atoms with E-state index in [4.69, 9.17) is 9.72 Å². The van der Waals surface area contributed by atoms with Crippen molar-refractivity contribution in [1.82, 2.24) is 10.3 Å². The lowest BCUT2D eigenvalue weighted by atomic mass is 9.84. The van der Waals surface area contributed by atoms with Crippen LogP contribution in [-0.4, -0.2) is 54.4 Å². The molecule has 144 valence electrons. The number of hydrogen-bond acceptors (Lipinski definition) is 6. The van der Waals surface area contributed by atoms with Crippen molar-refractivity contribution in [3.05, 3.63) is 10.6 Å². The van der Waals surface area contributed by atoms with Crippen LogP contribution in [0.3, 0.4) is 0 Å². The first-order valence-electron chi connectivity index (χ1n) is 9.94. The summed E-state index contributed by atoms with van der Waals surface area (Å²) in [6.07, 6.45) is 7.44. The van der Waals surface area contributed by atoms with Gasteiger partial charge in [-0.3, -0.25) is 4.79 Å². The number of fused-ring (bicyclic) bond motifs is 1. The fourth-order valence-corrected chi connectivity index (χ4v) is 5.42. The van der Waals surface area contributed by atoms with Gasteiger partial charge in [-0.25, -0.2) is 4.98 Å². The standard InChI is InChI=1S/C19H29N3O3S/c23-17(20-13-19(24)6-2-1-3-7-19)14-4-5-16-15(12-14)21-18(26-16)22-8-10-25-11-9-22/h14,24H,1-13H2,(H,20,23). The van der Waals surface area contributed by atoms with E-state index in [2.05, 4.69) is 10.2 Å². The van der Waals surface area contributed by atoms with Crippen LogP contribution in [-0.2, 0) is 22.4 Å². The predicted molar refractivity (Wildman–Crippen MR) is 102 cm³/mol. The van der Waals surface area contributed by atoms with Crippen LogP contribution in [0.25, 0.3) is 0 Å². The lowest BCUT2D eigenvalue weighted by Gasteiger charge is -2.33. The normalized spacial score (nSPS) is 25.6. The van der Waals surface area contributed by atoms with Crippen LogP contribution in [0.2, 0.25) is 0 Å². The van der Waals surface area contributed by atoms with E-state index in [-0.39, 0.29) is 11.8 Å². The third kappa shape index (κ3) is 4.05. The first kappa shape index (κ1) is 18.2. The quantitative estimate of drug-likeness (QED) is 0.836. The number of morpholine rings is 1. The van der Waals surface area contributed by atoms with Crippen LogP contribution in [0.4, 0.5) is 5.13 Å². The zero-order valence-electron chi connectivity index (χ0n) is 15.3. The van der Waals surface area contributed by atoms with Gasteiger partial charge in [0.2, 0.25) is 5.91 Å². The van der Waals surface area contributed by atoms with Crippen LogP contribution >= 0.6 is 11.3 Å². The Morgan fingerprint density at radius 2 is 2.08 bits per heavy atom. The largest absolute Gasteiger partial charge is 0.388 e. The number of aryl methyl sites for hydroxylation is 1. The number of aromatic nitrogens is 1. The van der Waals surface area contributed by atoms with Gasteiger partial charge in [0, 0.05) is 36.9 Å². The monoisotopic (exact) mass is 379 g/mol. The summed E-state index contributed by atoms with van der Waals surface area (Å²) in [5, 5.41) is 14.7. The van der Waals surface area contributed by atoms with E-state index in [0.717, 1.165) is 82.1 Å². The van der Waals surface area contributed by atoms with Gasteiger partial charge in [0.1, 0.15) is 0 Å². The van der Waals surface area contributed by atoms with E-state index in [9.17, 15) is 9.90 Å². The van der Waals surface area contributed by atoms with Gasteiger partial charge >= 0.3 is 0 Å². The molecular formula is C19H29N3O3S. The maximum absolute atomic E-state index is 12.6. The smallest absolute Gasteiger partial charge is 0.223 e. The molecule has 6 nitrogen and oxygen atoms in total. The number of ether oxygens (including phenoxy) is 1. The van der Waals surface area contributed by atoms with Crippen molar-refractivity contribution in [2.75, 3.05) is 37.7 Å². The number of aliphatic hydroxyl groups is 1. The summed E-state index contributed by atoms with van der Waals surface area (Å²) in [5.74, 6) is 0.0601. The number of thiazole rings is 1. The molecule has 0 aromatic carbocycles. The number of anilines is 1. The second-order valence-corrected chi connectivity index (χ2v) is 8.97. The summed E-state index contributed by atoms with van der Waals surface area (Å²) in [6, 6.07) is 0. The van der Waals surface area contributed by atoms with E-state index in [1.54, 1.807) is 11.3 Å². The lowest BCUT2D eigenvalue weighted by Crippen LogP contribution is -2.46. The maximum atomic E-state index is 12.6. The van der Waals surface area contributed by atoms with Crippen molar-refractivity contribution in [1.29, 1.82) is 0 Å². The highest BCUT2D eigenvalue weighted by Crippen LogP contribution is 2.34. The minimum Gasteiger partial charge on any atom is -0.388 e. The minimum atomic E-state index is -0.697. The fraction of sp³-hybridized carbons (Fsp3) is 0.789. The van der Waals surface area contributed by atoms with Crippen molar-refractivity contribution in [2.24, 2.45) is 5.92 Å². The van der Waals surface area contributed by atoms with Gasteiger partial charge in [0.25, 0.3) is 0 Å². The van der Waals surface area contributed by atoms with Crippen LogP contribution in [0.5, 0.6) is 0 Å². The van der Waals surface area contributed by atoms with Crippen molar-refractivity contribution in [3.63, 3.8) is 0 Å². The molecule has 1 atom stereocenters. The molecule has 2 N–H and O–H groups in total. The highest BCUT2D eigenvalue weighted by molar-refractivity contribution is 7.15. The summed E-state index contributed by atoms with van der Waals surface area (Å²) in [6.45, 7) is 3.71. The molecule has 3 aliphatic rings. The molecule has 7 heteroatoms. The van der Waals surface area contributed by atoms with Crippen LogP contribution in [0, 0.1) is 5.92 Å². The minimum absolute atomic E-state index is 0.0191. The Morgan fingerprint density at radius 3 is 2.85 bits per heavy atom. The molecule has 1 aliphatic heterocycles. The Labute approximate surface area is 158 Å². The first-order chi connectivity index (χ1) is 12.6. The Morgan fingerprint density at radius 1 is 1.31 bits per heavy atom. The molecule has 26 heavy (non-hydrogen) atoms. The highest BCUT2D eigenvalue weighted by atomic mass is 32.1. The number of rotatable bonds is 4. The molecule has 0 bridgehead atoms. The van der Waals surface area contributed by atoms with Gasteiger partial charge in [-0.2, -0.15) is 0 Å². The summed E-state index contributed by atoms with van der Waals surface area (Å²) >= 11 is 1.78. The highest BCUT2D eigenvalue weighted by Gasteiger charge is 2.32. The molecule has 1 unspecified atom stereocenters. The van der Waals surface area contributed by atoms with Gasteiger partial charge in [-0.1, -0.05) is 19.3 Å². The molecule has 0 radical (unpaired) electrons. The zero-order valence-corrected chi connectivity index (χ0v) is 16.2. The summed E-state index contributed by atoms with van der Waals surface area (Å²) in [7, 11) is 0. The number of hydrogen-bond donors (Lipinski definition) is 2. The van der Waals surface area contributed by atoms with Gasteiger partial charge in [0.15, 0.2) is 5.13 Å². The molecule has 2 heterocycles. The van der Waals surface area contributed by atoms with E-state index in [1.165, 1.54) is 11.3 Å².